The smallest absolute Gasteiger partial charge is 0.255 e. The van der Waals surface area contributed by atoms with Crippen molar-refractivity contribution in [3.8, 4) is 0 Å². The van der Waals surface area contributed by atoms with E-state index in [9.17, 15) is 9.18 Å². The van der Waals surface area contributed by atoms with Gasteiger partial charge in [0.2, 0.25) is 5.95 Å². The minimum atomic E-state index is -0.549. The van der Waals surface area contributed by atoms with E-state index in [0.29, 0.717) is 33.5 Å². The van der Waals surface area contributed by atoms with Gasteiger partial charge in [-0.1, -0.05) is 35.9 Å². The summed E-state index contributed by atoms with van der Waals surface area (Å²) in [6, 6.07) is 20.3. The largest absolute Gasteiger partial charge is 0.329 e. The SMILES string of the molecule is CC1=C(C(=O)Nc2ccc(Cl)cc2)[C@@H](c2cccc(F)c2)n2c(nc3ccccc32)N1. The van der Waals surface area contributed by atoms with Crippen LogP contribution < -0.4 is 10.6 Å². The van der Waals surface area contributed by atoms with Crippen molar-refractivity contribution < 1.29 is 9.18 Å². The Morgan fingerprint density at radius 3 is 2.65 bits per heavy atom. The van der Waals surface area contributed by atoms with E-state index >= 15 is 0 Å². The summed E-state index contributed by atoms with van der Waals surface area (Å²) in [6.07, 6.45) is 0. The predicted octanol–water partition coefficient (Wildman–Crippen LogP) is 5.76. The van der Waals surface area contributed by atoms with Crippen molar-refractivity contribution in [3.05, 3.63) is 100 Å². The number of nitrogens with zero attached hydrogens (tertiary/aromatic N) is 2. The van der Waals surface area contributed by atoms with E-state index in [1.807, 2.05) is 41.8 Å². The number of fused-ring (bicyclic) bond motifs is 3. The summed E-state index contributed by atoms with van der Waals surface area (Å²) >= 11 is 5.96. The molecule has 0 radical (unpaired) electrons. The first-order valence-electron chi connectivity index (χ1n) is 9.78. The Morgan fingerprint density at radius 1 is 1.10 bits per heavy atom. The van der Waals surface area contributed by atoms with Crippen LogP contribution in [0.15, 0.2) is 84.1 Å². The molecule has 0 spiro atoms. The number of hydrogen-bond acceptors (Lipinski definition) is 3. The number of anilines is 2. The second kappa shape index (κ2) is 7.56. The van der Waals surface area contributed by atoms with Crippen LogP contribution in [0.3, 0.4) is 0 Å². The zero-order valence-electron chi connectivity index (χ0n) is 16.6. The molecule has 0 aliphatic carbocycles. The third-order valence-corrected chi connectivity index (χ3v) is 5.59. The average molecular weight is 433 g/mol. The maximum absolute atomic E-state index is 14.2. The standard InChI is InChI=1S/C24H18ClFN4O/c1-14-21(23(31)28-18-11-9-16(25)10-12-18)22(15-5-4-6-17(26)13-15)30-20-8-3-2-7-19(20)29-24(30)27-14/h2-13,22H,1H3,(H,27,29)(H,28,31)/t22-/m1/s1. The number of halogens is 2. The van der Waals surface area contributed by atoms with Gasteiger partial charge in [0.25, 0.3) is 5.91 Å². The lowest BCUT2D eigenvalue weighted by atomic mass is 9.94. The second-order valence-corrected chi connectivity index (χ2v) is 7.81. The normalized spacial score (nSPS) is 15.5. The minimum absolute atomic E-state index is 0.287. The molecule has 0 saturated carbocycles. The summed E-state index contributed by atoms with van der Waals surface area (Å²) < 4.78 is 16.1. The monoisotopic (exact) mass is 432 g/mol. The molecule has 2 N–H and O–H groups in total. The highest BCUT2D eigenvalue weighted by atomic mass is 35.5. The highest BCUT2D eigenvalue weighted by Gasteiger charge is 2.34. The van der Waals surface area contributed by atoms with Gasteiger partial charge in [0.1, 0.15) is 5.82 Å². The van der Waals surface area contributed by atoms with Crippen LogP contribution in [-0.4, -0.2) is 15.5 Å². The fourth-order valence-electron chi connectivity index (χ4n) is 3.98. The summed E-state index contributed by atoms with van der Waals surface area (Å²) in [5.41, 5.74) is 4.06. The quantitative estimate of drug-likeness (QED) is 0.433. The van der Waals surface area contributed by atoms with Crippen LogP contribution in [0.4, 0.5) is 16.0 Å². The number of rotatable bonds is 3. The zero-order chi connectivity index (χ0) is 21.5. The van der Waals surface area contributed by atoms with Crippen LogP contribution in [0.1, 0.15) is 18.5 Å². The minimum Gasteiger partial charge on any atom is -0.329 e. The van der Waals surface area contributed by atoms with Gasteiger partial charge in [-0.25, -0.2) is 9.37 Å². The van der Waals surface area contributed by atoms with Crippen LogP contribution in [0.5, 0.6) is 0 Å². The van der Waals surface area contributed by atoms with E-state index in [0.717, 1.165) is 11.0 Å². The second-order valence-electron chi connectivity index (χ2n) is 7.38. The molecule has 1 aromatic heterocycles. The molecule has 31 heavy (non-hydrogen) atoms. The Balaban J connectivity index is 1.66. The van der Waals surface area contributed by atoms with E-state index in [-0.39, 0.29) is 11.7 Å². The summed E-state index contributed by atoms with van der Waals surface area (Å²) in [4.78, 5) is 18.1. The van der Waals surface area contributed by atoms with E-state index in [4.69, 9.17) is 11.6 Å². The maximum atomic E-state index is 14.2. The number of amides is 1. The lowest BCUT2D eigenvalue weighted by Gasteiger charge is -2.30. The Labute approximate surface area is 183 Å². The van der Waals surface area contributed by atoms with Gasteiger partial charge in [0.15, 0.2) is 0 Å². The summed E-state index contributed by atoms with van der Waals surface area (Å²) in [6.45, 7) is 1.83. The fourth-order valence-corrected chi connectivity index (χ4v) is 4.11. The first-order chi connectivity index (χ1) is 15.0. The number of carbonyl (C=O) groups excluding carboxylic acids is 1. The zero-order valence-corrected chi connectivity index (χ0v) is 17.3. The lowest BCUT2D eigenvalue weighted by Crippen LogP contribution is -2.31. The molecule has 154 valence electrons. The Hall–Kier alpha value is -3.64. The Kier molecular flexibility index (Phi) is 4.71. The highest BCUT2D eigenvalue weighted by Crippen LogP contribution is 2.39. The average Bonchev–Trinajstić information content (AvgIpc) is 3.12. The van der Waals surface area contributed by atoms with Gasteiger partial charge in [-0.15, -0.1) is 0 Å². The summed E-state index contributed by atoms with van der Waals surface area (Å²) in [5, 5.41) is 6.76. The molecule has 1 aliphatic rings. The molecule has 0 bridgehead atoms. The van der Waals surface area contributed by atoms with Gasteiger partial charge in [-0.2, -0.15) is 0 Å². The molecule has 3 aromatic carbocycles. The van der Waals surface area contributed by atoms with Crippen LogP contribution in [0, 0.1) is 5.82 Å². The number of carbonyl (C=O) groups is 1. The first kappa shape index (κ1) is 19.3. The molecule has 0 fully saturated rings. The third-order valence-electron chi connectivity index (χ3n) is 5.34. The fraction of sp³-hybridized carbons (Fsp3) is 0.0833. The van der Waals surface area contributed by atoms with E-state index in [2.05, 4.69) is 15.6 Å². The number of hydrogen-bond donors (Lipinski definition) is 2. The number of nitrogens with one attached hydrogen (secondary N) is 2. The Morgan fingerprint density at radius 2 is 1.87 bits per heavy atom. The van der Waals surface area contributed by atoms with Crippen molar-refractivity contribution in [1.82, 2.24) is 9.55 Å². The lowest BCUT2D eigenvalue weighted by molar-refractivity contribution is -0.113. The number of allylic oxidation sites excluding steroid dienone is 1. The Bertz CT molecular complexity index is 1340. The first-order valence-corrected chi connectivity index (χ1v) is 10.2. The van der Waals surface area contributed by atoms with Gasteiger partial charge >= 0.3 is 0 Å². The summed E-state index contributed by atoms with van der Waals surface area (Å²) in [5.74, 6) is -0.0434. The number of aromatic nitrogens is 2. The molecule has 5 nitrogen and oxygen atoms in total. The molecule has 7 heteroatoms. The van der Waals surface area contributed by atoms with Crippen LogP contribution >= 0.6 is 11.6 Å². The number of benzene rings is 3. The van der Waals surface area contributed by atoms with E-state index in [1.54, 1.807) is 30.3 Å². The van der Waals surface area contributed by atoms with Crippen LogP contribution in [0.25, 0.3) is 11.0 Å². The van der Waals surface area contributed by atoms with Crippen molar-refractivity contribution in [2.75, 3.05) is 10.6 Å². The molecular weight excluding hydrogens is 415 g/mol. The number of para-hydroxylation sites is 2. The molecule has 1 aliphatic heterocycles. The van der Waals surface area contributed by atoms with Crippen molar-refractivity contribution in [1.29, 1.82) is 0 Å². The molecule has 1 amide bonds. The van der Waals surface area contributed by atoms with Gasteiger partial charge in [0, 0.05) is 16.4 Å². The van der Waals surface area contributed by atoms with Crippen LogP contribution in [0.2, 0.25) is 5.02 Å². The number of imidazole rings is 1. The van der Waals surface area contributed by atoms with E-state index < -0.39 is 6.04 Å². The summed E-state index contributed by atoms with van der Waals surface area (Å²) in [7, 11) is 0. The van der Waals surface area contributed by atoms with Crippen molar-refractivity contribution >= 4 is 40.2 Å². The molecule has 5 rings (SSSR count). The van der Waals surface area contributed by atoms with Crippen molar-refractivity contribution in [2.45, 2.75) is 13.0 Å². The molecule has 0 saturated heterocycles. The maximum Gasteiger partial charge on any atom is 0.255 e. The highest BCUT2D eigenvalue weighted by molar-refractivity contribution is 6.30. The van der Waals surface area contributed by atoms with Crippen molar-refractivity contribution in [2.24, 2.45) is 0 Å². The van der Waals surface area contributed by atoms with Gasteiger partial charge in [0.05, 0.1) is 22.6 Å². The van der Waals surface area contributed by atoms with Crippen LogP contribution in [-0.2, 0) is 4.79 Å². The molecular formula is C24H18ClFN4O. The molecule has 0 unspecified atom stereocenters. The molecule has 1 atom stereocenters. The van der Waals surface area contributed by atoms with Gasteiger partial charge < -0.3 is 10.6 Å². The molecule has 2 heterocycles. The molecule has 4 aromatic rings. The van der Waals surface area contributed by atoms with E-state index in [1.165, 1.54) is 12.1 Å². The van der Waals surface area contributed by atoms with Crippen molar-refractivity contribution in [3.63, 3.8) is 0 Å². The third kappa shape index (κ3) is 3.45. The van der Waals surface area contributed by atoms with Gasteiger partial charge in [-0.05, 0) is 61.0 Å². The van der Waals surface area contributed by atoms with Gasteiger partial charge in [-0.3, -0.25) is 9.36 Å². The predicted molar refractivity (Wildman–Crippen MR) is 121 cm³/mol. The topological polar surface area (TPSA) is 59.0 Å².